The molecule has 0 aliphatic heterocycles. The van der Waals surface area contributed by atoms with Gasteiger partial charge in [-0.3, -0.25) is 0 Å². The van der Waals surface area contributed by atoms with Gasteiger partial charge in [0.1, 0.15) is 0 Å². The summed E-state index contributed by atoms with van der Waals surface area (Å²) in [4.78, 5) is 0. The van der Waals surface area contributed by atoms with E-state index in [1.807, 2.05) is 12.1 Å². The molecule has 2 aromatic rings. The lowest BCUT2D eigenvalue weighted by molar-refractivity contribution is 0.113. The fraction of sp³-hybridized carbons (Fsp3) is 0.583. The summed E-state index contributed by atoms with van der Waals surface area (Å²) in [7, 11) is 0. The summed E-state index contributed by atoms with van der Waals surface area (Å²) in [6.45, 7) is 2.29. The molecule has 0 saturated heterocycles. The molecule has 0 radical (unpaired) electrons. The minimum atomic E-state index is -0.747. The first-order chi connectivity index (χ1) is 12.7. The Balaban J connectivity index is 1.47. The molecule has 2 heteroatoms. The number of benzene rings is 2. The van der Waals surface area contributed by atoms with Gasteiger partial charge in [-0.25, -0.2) is 8.78 Å². The zero-order valence-electron chi connectivity index (χ0n) is 15.8. The summed E-state index contributed by atoms with van der Waals surface area (Å²) in [6, 6.07) is 8.90. The van der Waals surface area contributed by atoms with Crippen LogP contribution in [0.2, 0.25) is 0 Å². The highest BCUT2D eigenvalue weighted by Crippen LogP contribution is 2.48. The molecule has 4 atom stereocenters. The molecule has 0 N–H and O–H groups in total. The van der Waals surface area contributed by atoms with E-state index in [9.17, 15) is 8.78 Å². The summed E-state index contributed by atoms with van der Waals surface area (Å²) in [5, 5.41) is 1.23. The predicted molar refractivity (Wildman–Crippen MR) is 104 cm³/mol. The van der Waals surface area contributed by atoms with Gasteiger partial charge < -0.3 is 0 Å². The molecule has 0 aromatic heterocycles. The van der Waals surface area contributed by atoms with Gasteiger partial charge in [0.25, 0.3) is 0 Å². The zero-order valence-corrected chi connectivity index (χ0v) is 15.8. The fourth-order valence-electron chi connectivity index (χ4n) is 5.57. The molecule has 0 heterocycles. The lowest BCUT2D eigenvalue weighted by Crippen LogP contribution is -2.30. The van der Waals surface area contributed by atoms with Gasteiger partial charge in [0.2, 0.25) is 0 Å². The molecular weight excluding hydrogens is 326 g/mol. The van der Waals surface area contributed by atoms with Gasteiger partial charge in [-0.2, -0.15) is 0 Å². The van der Waals surface area contributed by atoms with Gasteiger partial charge in [0.15, 0.2) is 11.6 Å². The second kappa shape index (κ2) is 7.66. The average Bonchev–Trinajstić information content (AvgIpc) is 2.68. The Morgan fingerprint density at radius 3 is 2.54 bits per heavy atom. The van der Waals surface area contributed by atoms with Gasteiger partial charge in [-0.05, 0) is 78.9 Å². The highest BCUT2D eigenvalue weighted by molar-refractivity contribution is 5.84. The van der Waals surface area contributed by atoms with Crippen LogP contribution in [0.25, 0.3) is 10.8 Å². The van der Waals surface area contributed by atoms with Crippen molar-refractivity contribution in [3.8, 4) is 0 Å². The average molecular weight is 357 g/mol. The number of unbranched alkanes of at least 4 members (excludes halogenated alkanes) is 1. The van der Waals surface area contributed by atoms with Crippen LogP contribution in [0.3, 0.4) is 0 Å². The Kier molecular flexibility index (Phi) is 5.29. The molecule has 4 rings (SSSR count). The third-order valence-electron chi connectivity index (χ3n) is 7.09. The van der Waals surface area contributed by atoms with Crippen LogP contribution >= 0.6 is 0 Å². The normalized spacial score (nSPS) is 28.9. The first-order valence-electron chi connectivity index (χ1n) is 10.5. The lowest BCUT2D eigenvalue weighted by Gasteiger charge is -2.42. The Bertz CT molecular complexity index is 766. The fourth-order valence-corrected chi connectivity index (χ4v) is 5.57. The van der Waals surface area contributed by atoms with Gasteiger partial charge in [0.05, 0.1) is 0 Å². The van der Waals surface area contributed by atoms with E-state index in [1.54, 1.807) is 6.07 Å². The summed E-state index contributed by atoms with van der Waals surface area (Å²) >= 11 is 0. The van der Waals surface area contributed by atoms with Crippen LogP contribution in [-0.4, -0.2) is 0 Å². The van der Waals surface area contributed by atoms with Crippen molar-refractivity contribution in [2.75, 3.05) is 0 Å². The molecular formula is C24H30F2. The maximum Gasteiger partial charge on any atom is 0.166 e. The van der Waals surface area contributed by atoms with E-state index in [1.165, 1.54) is 69.4 Å². The third-order valence-corrected chi connectivity index (χ3v) is 7.09. The van der Waals surface area contributed by atoms with Gasteiger partial charge in [-0.15, -0.1) is 0 Å². The Hall–Kier alpha value is -1.44. The zero-order chi connectivity index (χ0) is 18.1. The Labute approximate surface area is 156 Å². The minimum absolute atomic E-state index is 0.438. The summed E-state index contributed by atoms with van der Waals surface area (Å²) in [5.74, 6) is 1.75. The van der Waals surface area contributed by atoms with Crippen molar-refractivity contribution < 1.29 is 8.78 Å². The van der Waals surface area contributed by atoms with E-state index in [0.29, 0.717) is 11.3 Å². The van der Waals surface area contributed by atoms with E-state index >= 15 is 0 Å². The SMILES string of the molecule is CCCCC1CCC2CC(c3ccc4ccc(F)c(F)c4c3)CCC2C1. The molecule has 0 bridgehead atoms. The molecule has 0 spiro atoms. The van der Waals surface area contributed by atoms with Crippen LogP contribution in [0.1, 0.15) is 76.2 Å². The maximum atomic E-state index is 14.2. The second-order valence-electron chi connectivity index (χ2n) is 8.69. The highest BCUT2D eigenvalue weighted by Gasteiger charge is 2.35. The molecule has 2 aliphatic rings. The molecule has 0 nitrogen and oxygen atoms in total. The third kappa shape index (κ3) is 3.52. The molecule has 26 heavy (non-hydrogen) atoms. The number of rotatable bonds is 4. The molecule has 2 fully saturated rings. The predicted octanol–water partition coefficient (Wildman–Crippen LogP) is 7.61. The van der Waals surface area contributed by atoms with Crippen LogP contribution in [0.15, 0.2) is 30.3 Å². The maximum absolute atomic E-state index is 14.2. The quantitative estimate of drug-likeness (QED) is 0.529. The van der Waals surface area contributed by atoms with Crippen LogP contribution in [0, 0.1) is 29.4 Å². The van der Waals surface area contributed by atoms with Gasteiger partial charge in [0, 0.05) is 5.39 Å². The smallest absolute Gasteiger partial charge is 0.166 e. The number of hydrogen-bond acceptors (Lipinski definition) is 0. The molecule has 140 valence electrons. The van der Waals surface area contributed by atoms with Crippen molar-refractivity contribution in [2.24, 2.45) is 17.8 Å². The van der Waals surface area contributed by atoms with Crippen LogP contribution in [0.4, 0.5) is 8.78 Å². The number of hydrogen-bond donors (Lipinski definition) is 0. The van der Waals surface area contributed by atoms with E-state index in [4.69, 9.17) is 0 Å². The monoisotopic (exact) mass is 356 g/mol. The van der Waals surface area contributed by atoms with E-state index in [-0.39, 0.29) is 0 Å². The lowest BCUT2D eigenvalue weighted by atomic mass is 9.63. The van der Waals surface area contributed by atoms with Crippen molar-refractivity contribution in [2.45, 2.75) is 70.6 Å². The standard InChI is InChI=1S/C24H30F2/c1-2-3-4-16-5-6-19-14-20(10-9-18(19)13-16)21-8-7-17-11-12-23(25)24(26)22(17)15-21/h7-8,11-12,15-16,18-20H,2-6,9-10,13-14H2,1H3. The first kappa shape index (κ1) is 17.9. The van der Waals surface area contributed by atoms with E-state index in [0.717, 1.165) is 23.1 Å². The van der Waals surface area contributed by atoms with Crippen molar-refractivity contribution in [1.82, 2.24) is 0 Å². The summed E-state index contributed by atoms with van der Waals surface area (Å²) < 4.78 is 27.8. The van der Waals surface area contributed by atoms with Gasteiger partial charge >= 0.3 is 0 Å². The van der Waals surface area contributed by atoms with Crippen LogP contribution < -0.4 is 0 Å². The second-order valence-corrected chi connectivity index (χ2v) is 8.69. The van der Waals surface area contributed by atoms with Crippen LogP contribution in [-0.2, 0) is 0 Å². The summed E-state index contributed by atoms with van der Waals surface area (Å²) in [5.41, 5.74) is 1.20. The number of fused-ring (bicyclic) bond motifs is 2. The van der Waals surface area contributed by atoms with Crippen molar-refractivity contribution in [3.63, 3.8) is 0 Å². The van der Waals surface area contributed by atoms with Crippen molar-refractivity contribution >= 4 is 10.8 Å². The largest absolute Gasteiger partial charge is 0.204 e. The topological polar surface area (TPSA) is 0 Å². The number of halogens is 2. The Morgan fingerprint density at radius 1 is 0.923 bits per heavy atom. The molecule has 2 aliphatic carbocycles. The Morgan fingerprint density at radius 2 is 1.69 bits per heavy atom. The van der Waals surface area contributed by atoms with Crippen molar-refractivity contribution in [1.29, 1.82) is 0 Å². The van der Waals surface area contributed by atoms with Crippen molar-refractivity contribution in [3.05, 3.63) is 47.5 Å². The van der Waals surface area contributed by atoms with E-state index in [2.05, 4.69) is 13.0 Å². The van der Waals surface area contributed by atoms with E-state index < -0.39 is 11.6 Å². The first-order valence-corrected chi connectivity index (χ1v) is 10.5. The van der Waals surface area contributed by atoms with Gasteiger partial charge in [-0.1, -0.05) is 50.8 Å². The molecule has 2 aromatic carbocycles. The van der Waals surface area contributed by atoms with Crippen LogP contribution in [0.5, 0.6) is 0 Å². The highest BCUT2D eigenvalue weighted by atomic mass is 19.2. The minimum Gasteiger partial charge on any atom is -0.204 e. The molecule has 0 amide bonds. The molecule has 2 saturated carbocycles. The molecule has 4 unspecified atom stereocenters. The summed E-state index contributed by atoms with van der Waals surface area (Å²) in [6.07, 6.45) is 12.0.